The summed E-state index contributed by atoms with van der Waals surface area (Å²) in [4.78, 5) is 0. The van der Waals surface area contributed by atoms with Crippen LogP contribution in [0.5, 0.6) is 0 Å². The Hall–Kier alpha value is -0.240. The van der Waals surface area contributed by atoms with Gasteiger partial charge in [-0.05, 0) is 55.0 Å². The predicted molar refractivity (Wildman–Crippen MR) is 63.3 cm³/mol. The fraction of sp³-hybridized carbons (Fsp3) is 0.455. The molecule has 0 unspecified atom stereocenters. The summed E-state index contributed by atoms with van der Waals surface area (Å²) in [6.07, 6.45) is 3.45. The molecule has 0 fully saturated rings. The average molecular weight is 232 g/mol. The summed E-state index contributed by atoms with van der Waals surface area (Å²) in [6, 6.07) is 4.24. The Balaban J connectivity index is 0.000000980. The molecule has 78 valence electrons. The van der Waals surface area contributed by atoms with Crippen LogP contribution in [0.2, 0.25) is 5.02 Å². The molecule has 0 bridgehead atoms. The zero-order chi connectivity index (χ0) is 9.42. The highest BCUT2D eigenvalue weighted by Gasteiger charge is 2.18. The van der Waals surface area contributed by atoms with Crippen LogP contribution >= 0.6 is 24.0 Å². The van der Waals surface area contributed by atoms with Gasteiger partial charge in [-0.1, -0.05) is 11.6 Å². The molecule has 1 aliphatic rings. The van der Waals surface area contributed by atoms with E-state index in [0.29, 0.717) is 0 Å². The van der Waals surface area contributed by atoms with Gasteiger partial charge in [0.2, 0.25) is 0 Å². The van der Waals surface area contributed by atoms with Crippen LogP contribution in [0.4, 0.5) is 0 Å². The van der Waals surface area contributed by atoms with E-state index in [4.69, 9.17) is 17.3 Å². The Morgan fingerprint density at radius 2 is 2.14 bits per heavy atom. The molecule has 1 nitrogen and oxygen atoms in total. The van der Waals surface area contributed by atoms with E-state index in [1.807, 2.05) is 12.1 Å². The van der Waals surface area contributed by atoms with Crippen LogP contribution in [0.3, 0.4) is 0 Å². The fourth-order valence-corrected chi connectivity index (χ4v) is 2.41. The summed E-state index contributed by atoms with van der Waals surface area (Å²) >= 11 is 5.99. The van der Waals surface area contributed by atoms with E-state index < -0.39 is 0 Å². The van der Waals surface area contributed by atoms with E-state index in [9.17, 15) is 0 Å². The predicted octanol–water partition coefficient (Wildman–Crippen LogP) is 3.41. The monoisotopic (exact) mass is 231 g/mol. The lowest BCUT2D eigenvalue weighted by Gasteiger charge is -2.24. The smallest absolute Gasteiger partial charge is 0.0412 e. The van der Waals surface area contributed by atoms with E-state index >= 15 is 0 Å². The first-order valence-electron chi connectivity index (χ1n) is 4.73. The van der Waals surface area contributed by atoms with Crippen molar-refractivity contribution in [3.05, 3.63) is 33.8 Å². The minimum atomic E-state index is 0. The van der Waals surface area contributed by atoms with Crippen molar-refractivity contribution < 1.29 is 0 Å². The second-order valence-electron chi connectivity index (χ2n) is 3.79. The van der Waals surface area contributed by atoms with E-state index in [2.05, 4.69) is 6.92 Å². The number of aryl methyl sites for hydroxylation is 1. The largest absolute Gasteiger partial charge is 0.324 e. The van der Waals surface area contributed by atoms with E-state index in [-0.39, 0.29) is 18.4 Å². The molecule has 0 saturated carbocycles. The van der Waals surface area contributed by atoms with Crippen molar-refractivity contribution in [3.8, 4) is 0 Å². The Morgan fingerprint density at radius 1 is 1.43 bits per heavy atom. The highest BCUT2D eigenvalue weighted by Crippen LogP contribution is 2.32. The number of halogens is 2. The summed E-state index contributed by atoms with van der Waals surface area (Å²) < 4.78 is 0. The Labute approximate surface area is 96.0 Å². The van der Waals surface area contributed by atoms with Gasteiger partial charge in [-0.15, -0.1) is 12.4 Å². The Morgan fingerprint density at radius 3 is 2.86 bits per heavy atom. The second-order valence-corrected chi connectivity index (χ2v) is 4.23. The molecule has 14 heavy (non-hydrogen) atoms. The van der Waals surface area contributed by atoms with Crippen molar-refractivity contribution in [1.82, 2.24) is 0 Å². The lowest BCUT2D eigenvalue weighted by Crippen LogP contribution is -2.18. The van der Waals surface area contributed by atoms with Gasteiger partial charge in [0.15, 0.2) is 0 Å². The molecule has 0 spiro atoms. The van der Waals surface area contributed by atoms with Crippen molar-refractivity contribution in [2.24, 2.45) is 5.73 Å². The van der Waals surface area contributed by atoms with Crippen molar-refractivity contribution in [3.63, 3.8) is 0 Å². The van der Waals surface area contributed by atoms with E-state index in [0.717, 1.165) is 17.9 Å². The van der Waals surface area contributed by atoms with Crippen molar-refractivity contribution in [2.75, 3.05) is 0 Å². The second kappa shape index (κ2) is 4.52. The summed E-state index contributed by atoms with van der Waals surface area (Å²) in [7, 11) is 0. The SMILES string of the molecule is Cc1cc(Cl)cc2c1CCC[C@H]2N.Cl. The fourth-order valence-electron chi connectivity index (χ4n) is 2.13. The van der Waals surface area contributed by atoms with Crippen molar-refractivity contribution >= 4 is 24.0 Å². The molecule has 2 N–H and O–H groups in total. The molecular formula is C11H15Cl2N. The summed E-state index contributed by atoms with van der Waals surface area (Å²) in [5.41, 5.74) is 9.99. The number of nitrogens with two attached hydrogens (primary N) is 1. The molecule has 0 saturated heterocycles. The summed E-state index contributed by atoms with van der Waals surface area (Å²) in [5.74, 6) is 0. The summed E-state index contributed by atoms with van der Waals surface area (Å²) in [5, 5.41) is 0.814. The maximum atomic E-state index is 6.03. The standard InChI is InChI=1S/C11H14ClN.ClH/c1-7-5-8(12)6-10-9(7)3-2-4-11(10)13;/h5-6,11H,2-4,13H2,1H3;1H/t11-;/m1./s1. The molecule has 1 atom stereocenters. The first-order valence-corrected chi connectivity index (χ1v) is 5.11. The van der Waals surface area contributed by atoms with Gasteiger partial charge in [0, 0.05) is 11.1 Å². The number of hydrogen-bond acceptors (Lipinski definition) is 1. The van der Waals surface area contributed by atoms with Crippen LogP contribution in [-0.2, 0) is 6.42 Å². The van der Waals surface area contributed by atoms with Gasteiger partial charge in [-0.25, -0.2) is 0 Å². The Kier molecular flexibility index (Phi) is 3.82. The topological polar surface area (TPSA) is 26.0 Å². The average Bonchev–Trinajstić information content (AvgIpc) is 2.07. The first kappa shape index (κ1) is 11.8. The van der Waals surface area contributed by atoms with Crippen molar-refractivity contribution in [2.45, 2.75) is 32.2 Å². The quantitative estimate of drug-likeness (QED) is 0.728. The van der Waals surface area contributed by atoms with Gasteiger partial charge >= 0.3 is 0 Å². The maximum absolute atomic E-state index is 6.03. The van der Waals surface area contributed by atoms with Gasteiger partial charge in [-0.3, -0.25) is 0 Å². The van der Waals surface area contributed by atoms with Gasteiger partial charge in [0.05, 0.1) is 0 Å². The van der Waals surface area contributed by atoms with Crippen molar-refractivity contribution in [1.29, 1.82) is 0 Å². The minimum Gasteiger partial charge on any atom is -0.324 e. The molecule has 0 aromatic heterocycles. The first-order chi connectivity index (χ1) is 6.18. The third kappa shape index (κ3) is 2.05. The lowest BCUT2D eigenvalue weighted by molar-refractivity contribution is 0.568. The summed E-state index contributed by atoms with van der Waals surface area (Å²) in [6.45, 7) is 2.11. The maximum Gasteiger partial charge on any atom is 0.0412 e. The highest BCUT2D eigenvalue weighted by molar-refractivity contribution is 6.30. The molecule has 1 aromatic carbocycles. The van der Waals surface area contributed by atoms with E-state index in [1.54, 1.807) is 0 Å². The molecular weight excluding hydrogens is 217 g/mol. The number of rotatable bonds is 0. The van der Waals surface area contributed by atoms with Crippen LogP contribution in [0.25, 0.3) is 0 Å². The van der Waals surface area contributed by atoms with Gasteiger partial charge in [0.25, 0.3) is 0 Å². The zero-order valence-corrected chi connectivity index (χ0v) is 9.79. The third-order valence-electron chi connectivity index (χ3n) is 2.81. The molecule has 0 aliphatic heterocycles. The molecule has 0 radical (unpaired) electrons. The normalized spacial score (nSPS) is 19.8. The molecule has 2 rings (SSSR count). The van der Waals surface area contributed by atoms with Gasteiger partial charge in [0.1, 0.15) is 0 Å². The molecule has 3 heteroatoms. The van der Waals surface area contributed by atoms with Crippen LogP contribution in [-0.4, -0.2) is 0 Å². The molecule has 0 heterocycles. The number of hydrogen-bond donors (Lipinski definition) is 1. The zero-order valence-electron chi connectivity index (χ0n) is 8.22. The Bertz CT molecular complexity index is 336. The van der Waals surface area contributed by atoms with Gasteiger partial charge in [-0.2, -0.15) is 0 Å². The lowest BCUT2D eigenvalue weighted by atomic mass is 9.86. The van der Waals surface area contributed by atoms with Crippen LogP contribution in [0, 0.1) is 6.92 Å². The molecule has 1 aliphatic carbocycles. The van der Waals surface area contributed by atoms with Crippen LogP contribution < -0.4 is 5.73 Å². The third-order valence-corrected chi connectivity index (χ3v) is 3.03. The van der Waals surface area contributed by atoms with Crippen LogP contribution in [0.15, 0.2) is 12.1 Å². The van der Waals surface area contributed by atoms with Gasteiger partial charge < -0.3 is 5.73 Å². The number of fused-ring (bicyclic) bond motifs is 1. The molecule has 1 aromatic rings. The molecule has 0 amide bonds. The van der Waals surface area contributed by atoms with E-state index in [1.165, 1.54) is 23.1 Å². The highest BCUT2D eigenvalue weighted by atomic mass is 35.5. The number of benzene rings is 1. The minimum absolute atomic E-state index is 0. The van der Waals surface area contributed by atoms with Crippen LogP contribution in [0.1, 0.15) is 35.6 Å².